The molecule has 14 heavy (non-hydrogen) atoms. The third-order valence-corrected chi connectivity index (χ3v) is 1.93. The van der Waals surface area contributed by atoms with Crippen molar-refractivity contribution >= 4 is 5.97 Å². The lowest BCUT2D eigenvalue weighted by Gasteiger charge is -1.93. The molecule has 0 saturated carbocycles. The quantitative estimate of drug-likeness (QED) is 0.754. The average Bonchev–Trinajstić information content (AvgIpc) is 2.68. The number of aromatic carboxylic acids is 1. The van der Waals surface area contributed by atoms with E-state index >= 15 is 0 Å². The predicted molar refractivity (Wildman–Crippen MR) is 51.0 cm³/mol. The fourth-order valence-electron chi connectivity index (χ4n) is 1.23. The summed E-state index contributed by atoms with van der Waals surface area (Å²) in [5, 5.41) is 8.70. The Labute approximate surface area is 80.2 Å². The van der Waals surface area contributed by atoms with Gasteiger partial charge in [0.25, 0.3) is 0 Å². The third kappa shape index (κ3) is 1.50. The van der Waals surface area contributed by atoms with Crippen molar-refractivity contribution in [2.75, 3.05) is 0 Å². The number of nitrogens with zero attached hydrogens (tertiary/aromatic N) is 1. The topological polar surface area (TPSA) is 66.0 Å². The predicted octanol–water partition coefficient (Wildman–Crippen LogP) is 1.77. The van der Waals surface area contributed by atoms with E-state index in [1.807, 2.05) is 12.1 Å². The van der Waals surface area contributed by atoms with Crippen molar-refractivity contribution in [2.24, 2.45) is 0 Å². The largest absolute Gasteiger partial charge is 0.477 e. The molecule has 0 atom stereocenters. The Morgan fingerprint density at radius 1 is 1.29 bits per heavy atom. The molecule has 0 aliphatic rings. The first kappa shape index (κ1) is 8.50. The highest BCUT2D eigenvalue weighted by Crippen LogP contribution is 2.18. The monoisotopic (exact) mass is 188 g/mol. The van der Waals surface area contributed by atoms with Gasteiger partial charge in [0.1, 0.15) is 5.69 Å². The molecule has 0 fully saturated rings. The van der Waals surface area contributed by atoms with Crippen molar-refractivity contribution in [3.05, 3.63) is 42.5 Å². The number of nitrogens with one attached hydrogen (secondary N) is 1. The number of carbonyl (C=O) groups is 1. The molecule has 2 aromatic heterocycles. The Morgan fingerprint density at radius 2 is 2.00 bits per heavy atom. The summed E-state index contributed by atoms with van der Waals surface area (Å²) < 4.78 is 0. The summed E-state index contributed by atoms with van der Waals surface area (Å²) >= 11 is 0. The van der Waals surface area contributed by atoms with Gasteiger partial charge in [0.2, 0.25) is 0 Å². The Kier molecular flexibility index (Phi) is 2.02. The molecule has 0 bridgehead atoms. The maximum atomic E-state index is 10.6. The van der Waals surface area contributed by atoms with E-state index in [0.717, 1.165) is 11.1 Å². The van der Waals surface area contributed by atoms with Crippen LogP contribution in [0.25, 0.3) is 11.1 Å². The van der Waals surface area contributed by atoms with Crippen molar-refractivity contribution in [3.8, 4) is 11.1 Å². The number of carboxylic acids is 1. The fraction of sp³-hybridized carbons (Fsp3) is 0. The van der Waals surface area contributed by atoms with Gasteiger partial charge in [0, 0.05) is 24.2 Å². The summed E-state index contributed by atoms with van der Waals surface area (Å²) in [6, 6.07) is 5.25. The van der Waals surface area contributed by atoms with Gasteiger partial charge in [-0.15, -0.1) is 0 Å². The second-order valence-electron chi connectivity index (χ2n) is 2.84. The van der Waals surface area contributed by atoms with Crippen LogP contribution in [-0.4, -0.2) is 21.0 Å². The Bertz CT molecular complexity index is 448. The highest BCUT2D eigenvalue weighted by molar-refractivity contribution is 5.87. The molecule has 2 rings (SSSR count). The number of aromatic amines is 1. The number of carboxylic acid groups (broad SMARTS) is 1. The molecule has 4 heteroatoms. The van der Waals surface area contributed by atoms with E-state index in [1.165, 1.54) is 0 Å². The maximum Gasteiger partial charge on any atom is 0.352 e. The zero-order valence-corrected chi connectivity index (χ0v) is 7.27. The molecule has 2 aromatic rings. The third-order valence-electron chi connectivity index (χ3n) is 1.93. The van der Waals surface area contributed by atoms with Gasteiger partial charge in [-0.3, -0.25) is 4.98 Å². The SMILES string of the molecule is O=C(O)c1cc(-c2ccncc2)c[nH]1. The van der Waals surface area contributed by atoms with Crippen molar-refractivity contribution < 1.29 is 9.90 Å². The Balaban J connectivity index is 2.39. The molecule has 2 N–H and O–H groups in total. The highest BCUT2D eigenvalue weighted by atomic mass is 16.4. The standard InChI is InChI=1S/C10H8N2O2/c13-10(14)9-5-8(6-12-9)7-1-3-11-4-2-7/h1-6,12H,(H,13,14). The molecule has 4 nitrogen and oxygen atoms in total. The molecule has 0 radical (unpaired) electrons. The zero-order chi connectivity index (χ0) is 9.97. The van der Waals surface area contributed by atoms with Gasteiger partial charge < -0.3 is 10.1 Å². The summed E-state index contributed by atoms with van der Waals surface area (Å²) in [4.78, 5) is 17.2. The molecule has 70 valence electrons. The molecular weight excluding hydrogens is 180 g/mol. The number of pyridine rings is 1. The molecule has 0 amide bonds. The smallest absolute Gasteiger partial charge is 0.352 e. The van der Waals surface area contributed by atoms with Crippen LogP contribution in [-0.2, 0) is 0 Å². The normalized spacial score (nSPS) is 10.0. The van der Waals surface area contributed by atoms with E-state index in [4.69, 9.17) is 5.11 Å². The van der Waals surface area contributed by atoms with Crippen LogP contribution in [0.3, 0.4) is 0 Å². The lowest BCUT2D eigenvalue weighted by Crippen LogP contribution is -1.94. The minimum Gasteiger partial charge on any atom is -0.477 e. The van der Waals surface area contributed by atoms with Crippen LogP contribution in [0.1, 0.15) is 10.5 Å². The van der Waals surface area contributed by atoms with Gasteiger partial charge in [-0.2, -0.15) is 0 Å². The van der Waals surface area contributed by atoms with E-state index in [9.17, 15) is 4.79 Å². The second-order valence-corrected chi connectivity index (χ2v) is 2.84. The minimum absolute atomic E-state index is 0.191. The molecule has 0 aromatic carbocycles. The van der Waals surface area contributed by atoms with Crippen molar-refractivity contribution in [1.82, 2.24) is 9.97 Å². The summed E-state index contributed by atoms with van der Waals surface area (Å²) in [6.45, 7) is 0. The first-order valence-electron chi connectivity index (χ1n) is 4.09. The Morgan fingerprint density at radius 3 is 2.57 bits per heavy atom. The van der Waals surface area contributed by atoms with Crippen molar-refractivity contribution in [2.45, 2.75) is 0 Å². The van der Waals surface area contributed by atoms with Crippen LogP contribution in [0, 0.1) is 0 Å². The molecule has 0 unspecified atom stereocenters. The van der Waals surface area contributed by atoms with Gasteiger partial charge in [-0.05, 0) is 23.8 Å². The lowest BCUT2D eigenvalue weighted by atomic mass is 10.1. The van der Waals surface area contributed by atoms with Crippen LogP contribution < -0.4 is 0 Å². The van der Waals surface area contributed by atoms with E-state index in [2.05, 4.69) is 9.97 Å². The summed E-state index contributed by atoms with van der Waals surface area (Å²) in [6.07, 6.45) is 5.00. The summed E-state index contributed by atoms with van der Waals surface area (Å²) in [5.74, 6) is -0.953. The second kappa shape index (κ2) is 3.33. The van der Waals surface area contributed by atoms with Crippen LogP contribution in [0.2, 0.25) is 0 Å². The average molecular weight is 188 g/mol. The van der Waals surface area contributed by atoms with Gasteiger partial charge >= 0.3 is 5.97 Å². The summed E-state index contributed by atoms with van der Waals surface area (Å²) in [7, 11) is 0. The molecule has 0 aliphatic heterocycles. The van der Waals surface area contributed by atoms with Crippen molar-refractivity contribution in [1.29, 1.82) is 0 Å². The molecule has 0 saturated heterocycles. The molecular formula is C10H8N2O2. The molecule has 0 spiro atoms. The van der Waals surface area contributed by atoms with Crippen molar-refractivity contribution in [3.63, 3.8) is 0 Å². The number of H-pyrrole nitrogens is 1. The number of hydrogen-bond acceptors (Lipinski definition) is 2. The Hall–Kier alpha value is -2.10. The van der Waals surface area contributed by atoms with E-state index in [-0.39, 0.29) is 5.69 Å². The number of hydrogen-bond donors (Lipinski definition) is 2. The van der Waals surface area contributed by atoms with Crippen LogP contribution in [0.4, 0.5) is 0 Å². The molecule has 0 aliphatic carbocycles. The van der Waals surface area contributed by atoms with Crippen LogP contribution >= 0.6 is 0 Å². The maximum absolute atomic E-state index is 10.6. The first-order valence-corrected chi connectivity index (χ1v) is 4.09. The fourth-order valence-corrected chi connectivity index (χ4v) is 1.23. The highest BCUT2D eigenvalue weighted by Gasteiger charge is 2.06. The lowest BCUT2D eigenvalue weighted by molar-refractivity contribution is 0.0691. The first-order chi connectivity index (χ1) is 6.77. The van der Waals surface area contributed by atoms with E-state index in [1.54, 1.807) is 24.7 Å². The molecule has 2 heterocycles. The van der Waals surface area contributed by atoms with Gasteiger partial charge in [0.05, 0.1) is 0 Å². The van der Waals surface area contributed by atoms with E-state index < -0.39 is 5.97 Å². The number of aromatic nitrogens is 2. The number of rotatable bonds is 2. The van der Waals surface area contributed by atoms with Gasteiger partial charge in [-0.1, -0.05) is 0 Å². The van der Waals surface area contributed by atoms with Crippen LogP contribution in [0.5, 0.6) is 0 Å². The van der Waals surface area contributed by atoms with Gasteiger partial charge in [-0.25, -0.2) is 4.79 Å². The zero-order valence-electron chi connectivity index (χ0n) is 7.27. The minimum atomic E-state index is -0.953. The van der Waals surface area contributed by atoms with E-state index in [0.29, 0.717) is 0 Å². The summed E-state index contributed by atoms with van der Waals surface area (Å²) in [5.41, 5.74) is 1.99. The van der Waals surface area contributed by atoms with Gasteiger partial charge in [0.15, 0.2) is 0 Å². The van der Waals surface area contributed by atoms with Crippen LogP contribution in [0.15, 0.2) is 36.8 Å².